The summed E-state index contributed by atoms with van der Waals surface area (Å²) in [7, 11) is 3.23. The Morgan fingerprint density at radius 3 is 1.98 bits per heavy atom. The van der Waals surface area contributed by atoms with E-state index in [1.54, 1.807) is 43.2 Å². The minimum absolute atomic E-state index is 0.0404. The Balaban J connectivity index is 0.000000227. The van der Waals surface area contributed by atoms with E-state index in [1.807, 2.05) is 89.6 Å². The molecule has 0 saturated carbocycles. The van der Waals surface area contributed by atoms with E-state index in [9.17, 15) is 14.7 Å². The highest BCUT2D eigenvalue weighted by molar-refractivity contribution is 5.68. The van der Waals surface area contributed by atoms with Crippen LogP contribution in [0.4, 0.5) is 11.6 Å². The second-order valence-corrected chi connectivity index (χ2v) is 15.2. The number of nitrogen functional groups attached to an aromatic ring is 1. The molecule has 64 heavy (non-hydrogen) atoms. The van der Waals surface area contributed by atoms with Crippen LogP contribution in [-0.4, -0.2) is 75.7 Å². The number of methoxy groups -OCH3 is 2. The number of ether oxygens (including phenoxy) is 3. The zero-order valence-corrected chi connectivity index (χ0v) is 36.3. The fourth-order valence-electron chi connectivity index (χ4n) is 7.50. The largest absolute Gasteiger partial charge is 0.507 e. The number of rotatable bonds is 12. The molecule has 4 aromatic carbocycles. The summed E-state index contributed by atoms with van der Waals surface area (Å²) in [6.45, 7) is 5.30. The first kappa shape index (κ1) is 46.3. The molecule has 0 radical (unpaired) electrons. The van der Waals surface area contributed by atoms with Crippen molar-refractivity contribution in [3.8, 4) is 45.5 Å². The molecular weight excluding hydrogens is 817 g/mol. The number of phenols is 1. The fourth-order valence-corrected chi connectivity index (χ4v) is 7.50. The van der Waals surface area contributed by atoms with Gasteiger partial charge in [0.2, 0.25) is 0 Å². The van der Waals surface area contributed by atoms with Crippen molar-refractivity contribution in [1.29, 1.82) is 0 Å². The van der Waals surface area contributed by atoms with Gasteiger partial charge in [-0.15, -0.1) is 0 Å². The third-order valence-corrected chi connectivity index (χ3v) is 10.7. The minimum Gasteiger partial charge on any atom is -0.507 e. The summed E-state index contributed by atoms with van der Waals surface area (Å²) in [5, 5.41) is 27.3. The molecule has 2 atom stereocenters. The highest BCUT2D eigenvalue weighted by Crippen LogP contribution is 2.32. The molecule has 4 heterocycles. The molecule has 0 spiro atoms. The van der Waals surface area contributed by atoms with Gasteiger partial charge in [-0.3, -0.25) is 14.4 Å². The maximum Gasteiger partial charge on any atom is 0.300 e. The number of aliphatic carboxylic acids is 1. The van der Waals surface area contributed by atoms with Crippen LogP contribution < -0.4 is 47.0 Å². The lowest BCUT2D eigenvalue weighted by Gasteiger charge is -2.26. The number of hydrogen-bond acceptors (Lipinski definition) is 13. The van der Waals surface area contributed by atoms with Gasteiger partial charge >= 0.3 is 0 Å². The molecule has 2 fully saturated rings. The first-order chi connectivity index (χ1) is 31.1. The van der Waals surface area contributed by atoms with Crippen LogP contribution in [0.15, 0.2) is 119 Å². The molecule has 2 aliphatic heterocycles. The average molecular weight is 873 g/mol. The van der Waals surface area contributed by atoms with E-state index >= 15 is 0 Å². The Hall–Kier alpha value is -7.17. The summed E-state index contributed by atoms with van der Waals surface area (Å²) in [6, 6.07) is 30.5. The van der Waals surface area contributed by atoms with Crippen molar-refractivity contribution in [3.63, 3.8) is 0 Å². The molecule has 8 rings (SSSR count). The molecule has 16 nitrogen and oxygen atoms in total. The van der Waals surface area contributed by atoms with Gasteiger partial charge < -0.3 is 55.2 Å². The number of carboxylic acids is 1. The van der Waals surface area contributed by atoms with Crippen molar-refractivity contribution in [3.05, 3.63) is 141 Å². The zero-order valence-electron chi connectivity index (χ0n) is 36.3. The minimum atomic E-state index is -0.833. The summed E-state index contributed by atoms with van der Waals surface area (Å²) in [4.78, 5) is 43.8. The molecule has 2 aromatic heterocycles. The summed E-state index contributed by atoms with van der Waals surface area (Å²) < 4.78 is 20.5. The number of hydrogen-bond donors (Lipinski definition) is 6. The van der Waals surface area contributed by atoms with Crippen molar-refractivity contribution in [1.82, 2.24) is 29.7 Å². The van der Waals surface area contributed by atoms with E-state index in [0.717, 1.165) is 75.5 Å². The van der Waals surface area contributed by atoms with Crippen molar-refractivity contribution in [2.45, 2.75) is 57.8 Å². The van der Waals surface area contributed by atoms with Gasteiger partial charge in [0, 0.05) is 73.8 Å². The van der Waals surface area contributed by atoms with Crippen LogP contribution in [0.5, 0.6) is 23.0 Å². The third-order valence-electron chi connectivity index (χ3n) is 10.7. The monoisotopic (exact) mass is 872 g/mol. The van der Waals surface area contributed by atoms with Gasteiger partial charge in [0.1, 0.15) is 29.6 Å². The summed E-state index contributed by atoms with van der Waals surface area (Å²) in [5.74, 6) is 1.62. The number of aromatic nitrogens is 4. The second kappa shape index (κ2) is 22.8. The number of para-hydroxylation sites is 2. The van der Waals surface area contributed by atoms with Gasteiger partial charge in [-0.05, 0) is 80.7 Å². The summed E-state index contributed by atoms with van der Waals surface area (Å²) >= 11 is 0. The second-order valence-electron chi connectivity index (χ2n) is 15.2. The standard InChI is InChI=1S/C31H34N4O4.C15H18N4O2.C2H4O2/c1-37-25-15-14-23(29(17-25)38-2)18-33-30-31(36)35(24-11-8-16-32-19-24)20-27(34-30)26-12-6-7-13-28(26)39-21-22-9-4-3-5-10-22;16-14-15(21)19(10-4-3-7-17-8-10)9-12(18-14)11-5-1-2-6-13(11)20;1-2(3)4/h3-7,9-10,12-15,17,20,24,32H,8,11,16,18-19,21H2,1-2H3,(H,33,34);1-2,5-6,9-10,17,20H,3-4,7-8H2,(H2,16,18);1H3,(H,3,4). The maximum absolute atomic E-state index is 13.7. The number of carboxylic acid groups (broad SMARTS) is 1. The Kier molecular flexibility index (Phi) is 16.5. The molecule has 7 N–H and O–H groups in total. The average Bonchev–Trinajstić information content (AvgIpc) is 3.32. The van der Waals surface area contributed by atoms with Crippen molar-refractivity contribution in [2.24, 2.45) is 0 Å². The van der Waals surface area contributed by atoms with Gasteiger partial charge in [-0.1, -0.05) is 54.6 Å². The molecular formula is C48H56N8O8. The van der Waals surface area contributed by atoms with Crippen LogP contribution in [0.1, 0.15) is 55.8 Å². The van der Waals surface area contributed by atoms with Crippen LogP contribution in [0.2, 0.25) is 0 Å². The smallest absolute Gasteiger partial charge is 0.300 e. The summed E-state index contributed by atoms with van der Waals surface area (Å²) in [5.41, 5.74) is 9.90. The molecule has 336 valence electrons. The SMILES string of the molecule is CC(=O)O.COc1ccc(CNc2nc(-c3ccccc3OCc3ccccc3)cn(C3CCCNC3)c2=O)c(OC)c1.Nc1nc(-c2ccccc2O)cn(C2CCCNC2)c1=O. The van der Waals surface area contributed by atoms with Crippen LogP contribution >= 0.6 is 0 Å². The molecule has 2 saturated heterocycles. The van der Waals surface area contributed by atoms with E-state index in [-0.39, 0.29) is 40.6 Å². The lowest BCUT2D eigenvalue weighted by molar-refractivity contribution is -0.134. The molecule has 16 heteroatoms. The number of phenolic OH excluding ortho intramolecular Hbond substituents is 1. The van der Waals surface area contributed by atoms with Crippen molar-refractivity contribution >= 4 is 17.6 Å². The number of carbonyl (C=O) groups is 1. The van der Waals surface area contributed by atoms with E-state index in [1.165, 1.54) is 0 Å². The van der Waals surface area contributed by atoms with E-state index in [4.69, 9.17) is 34.8 Å². The Morgan fingerprint density at radius 1 is 0.781 bits per heavy atom. The highest BCUT2D eigenvalue weighted by Gasteiger charge is 2.22. The lowest BCUT2D eigenvalue weighted by Crippen LogP contribution is -2.37. The molecule has 0 bridgehead atoms. The van der Waals surface area contributed by atoms with E-state index in [0.29, 0.717) is 47.4 Å². The molecule has 0 aliphatic carbocycles. The molecule has 2 unspecified atom stereocenters. The predicted octanol–water partition coefficient (Wildman–Crippen LogP) is 6.26. The van der Waals surface area contributed by atoms with Gasteiger partial charge in [-0.2, -0.15) is 0 Å². The van der Waals surface area contributed by atoms with Crippen molar-refractivity contribution in [2.75, 3.05) is 51.4 Å². The third kappa shape index (κ3) is 12.3. The van der Waals surface area contributed by atoms with Crippen LogP contribution in [-0.2, 0) is 17.9 Å². The normalized spacial score (nSPS) is 15.6. The molecule has 2 aliphatic rings. The zero-order chi connectivity index (χ0) is 45.4. The Labute approximate surface area is 371 Å². The molecule has 6 aromatic rings. The number of benzene rings is 4. The van der Waals surface area contributed by atoms with E-state index in [2.05, 4.69) is 20.9 Å². The topological polar surface area (TPSA) is 217 Å². The Bertz CT molecular complexity index is 2580. The van der Waals surface area contributed by atoms with Gasteiger partial charge in [0.25, 0.3) is 17.1 Å². The molecule has 0 amide bonds. The quantitative estimate of drug-likeness (QED) is 0.0801. The number of aromatic hydroxyl groups is 1. The number of nitrogens with zero attached hydrogens (tertiary/aromatic N) is 4. The lowest BCUT2D eigenvalue weighted by atomic mass is 10.1. The van der Waals surface area contributed by atoms with Gasteiger partial charge in [0.15, 0.2) is 11.6 Å². The van der Waals surface area contributed by atoms with Crippen LogP contribution in [0, 0.1) is 0 Å². The number of piperidine rings is 2. The van der Waals surface area contributed by atoms with Gasteiger partial charge in [-0.25, -0.2) is 9.97 Å². The highest BCUT2D eigenvalue weighted by atomic mass is 16.5. The van der Waals surface area contributed by atoms with E-state index < -0.39 is 5.97 Å². The van der Waals surface area contributed by atoms with Crippen LogP contribution in [0.3, 0.4) is 0 Å². The van der Waals surface area contributed by atoms with Crippen LogP contribution in [0.25, 0.3) is 22.5 Å². The fraction of sp³-hybridized carbons (Fsp3) is 0.312. The first-order valence-electron chi connectivity index (χ1n) is 21.2. The predicted molar refractivity (Wildman–Crippen MR) is 247 cm³/mol. The van der Waals surface area contributed by atoms with Crippen molar-refractivity contribution < 1.29 is 29.2 Å². The maximum atomic E-state index is 13.7. The first-order valence-corrected chi connectivity index (χ1v) is 21.2. The van der Waals surface area contributed by atoms with Gasteiger partial charge in [0.05, 0.1) is 25.6 Å². The summed E-state index contributed by atoms with van der Waals surface area (Å²) in [6.07, 6.45) is 7.43. The number of nitrogens with one attached hydrogen (secondary N) is 3. The number of anilines is 2. The Morgan fingerprint density at radius 2 is 1.38 bits per heavy atom. The number of nitrogens with two attached hydrogens (primary N) is 1.